The minimum atomic E-state index is -3.41. The van der Waals surface area contributed by atoms with Gasteiger partial charge in [-0.2, -0.15) is 0 Å². The van der Waals surface area contributed by atoms with Gasteiger partial charge < -0.3 is 5.32 Å². The van der Waals surface area contributed by atoms with Crippen LogP contribution in [0.3, 0.4) is 0 Å². The largest absolute Gasteiger partial charge is 0.316 e. The van der Waals surface area contributed by atoms with Gasteiger partial charge >= 0.3 is 0 Å². The summed E-state index contributed by atoms with van der Waals surface area (Å²) in [5.74, 6) is 0.523. The zero-order valence-electron chi connectivity index (χ0n) is 13.1. The summed E-state index contributed by atoms with van der Waals surface area (Å²) in [5, 5.41) is 3.06. The third kappa shape index (κ3) is 4.05. The van der Waals surface area contributed by atoms with Gasteiger partial charge in [0.2, 0.25) is 10.0 Å². The molecule has 2 atom stereocenters. The molecule has 1 fully saturated rings. The Balaban J connectivity index is 2.20. The van der Waals surface area contributed by atoms with Crippen LogP contribution in [0.2, 0.25) is 0 Å². The molecule has 1 aliphatic rings. The smallest absolute Gasteiger partial charge is 0.241 e. The van der Waals surface area contributed by atoms with Crippen LogP contribution in [-0.2, 0) is 23.0 Å². The quantitative estimate of drug-likeness (QED) is 0.775. The van der Waals surface area contributed by atoms with E-state index in [2.05, 4.69) is 17.0 Å². The molecule has 0 bridgehead atoms. The summed E-state index contributed by atoms with van der Waals surface area (Å²) in [7, 11) is -1.55. The van der Waals surface area contributed by atoms with E-state index in [1.165, 1.54) is 0 Å². The highest BCUT2D eigenvalue weighted by molar-refractivity contribution is 7.89. The first-order valence-electron chi connectivity index (χ1n) is 7.80. The fourth-order valence-corrected chi connectivity index (χ4v) is 4.48. The molecule has 118 valence electrons. The first-order chi connectivity index (χ1) is 10.0. The molecule has 5 heteroatoms. The Morgan fingerprint density at radius 3 is 2.67 bits per heavy atom. The molecular formula is C16H26N2O2S. The molecule has 0 amide bonds. The van der Waals surface area contributed by atoms with Crippen LogP contribution in [0.15, 0.2) is 23.1 Å². The van der Waals surface area contributed by atoms with Crippen LogP contribution in [-0.4, -0.2) is 21.5 Å². The van der Waals surface area contributed by atoms with Crippen molar-refractivity contribution in [1.82, 2.24) is 10.0 Å². The number of hydrogen-bond donors (Lipinski definition) is 2. The van der Waals surface area contributed by atoms with Gasteiger partial charge in [-0.05, 0) is 49.4 Å². The van der Waals surface area contributed by atoms with Crippen LogP contribution in [0.25, 0.3) is 0 Å². The number of sulfonamides is 1. The summed E-state index contributed by atoms with van der Waals surface area (Å²) in [6, 6.07) is 5.85. The second-order valence-corrected chi connectivity index (χ2v) is 7.52. The Labute approximate surface area is 128 Å². The van der Waals surface area contributed by atoms with E-state index in [1.54, 1.807) is 6.07 Å². The molecule has 0 aromatic heterocycles. The number of hydrogen-bond acceptors (Lipinski definition) is 3. The van der Waals surface area contributed by atoms with Crippen LogP contribution in [0.5, 0.6) is 0 Å². The van der Waals surface area contributed by atoms with Gasteiger partial charge in [-0.1, -0.05) is 32.4 Å². The maximum absolute atomic E-state index is 12.6. The second-order valence-electron chi connectivity index (χ2n) is 5.84. The molecule has 2 N–H and O–H groups in total. The van der Waals surface area contributed by atoms with Gasteiger partial charge in [0.05, 0.1) is 4.90 Å². The summed E-state index contributed by atoms with van der Waals surface area (Å²) in [5.41, 5.74) is 1.88. The SMILES string of the molecule is CCCC1CC1NS(=O)(=O)c1cc(CNC)ccc1CC. The topological polar surface area (TPSA) is 58.2 Å². The lowest BCUT2D eigenvalue weighted by Crippen LogP contribution is -2.28. The van der Waals surface area contributed by atoms with Gasteiger partial charge in [0.1, 0.15) is 0 Å². The molecule has 1 aliphatic carbocycles. The molecule has 4 nitrogen and oxygen atoms in total. The summed E-state index contributed by atoms with van der Waals surface area (Å²) in [6.45, 7) is 4.80. The van der Waals surface area contributed by atoms with Crippen LogP contribution in [0.1, 0.15) is 44.2 Å². The third-order valence-corrected chi connectivity index (χ3v) is 5.64. The predicted octanol–water partition coefficient (Wildman–Crippen LogP) is 2.44. The highest BCUT2D eigenvalue weighted by Crippen LogP contribution is 2.36. The highest BCUT2D eigenvalue weighted by atomic mass is 32.2. The van der Waals surface area contributed by atoms with E-state index < -0.39 is 10.0 Å². The van der Waals surface area contributed by atoms with Crippen molar-refractivity contribution < 1.29 is 8.42 Å². The molecule has 0 aliphatic heterocycles. The minimum absolute atomic E-state index is 0.132. The van der Waals surface area contributed by atoms with E-state index in [4.69, 9.17) is 0 Å². The summed E-state index contributed by atoms with van der Waals surface area (Å²) < 4.78 is 28.2. The van der Waals surface area contributed by atoms with Gasteiger partial charge in [0.25, 0.3) is 0 Å². The number of benzene rings is 1. The summed E-state index contributed by atoms with van der Waals surface area (Å²) in [4.78, 5) is 0.444. The number of rotatable bonds is 8. The zero-order chi connectivity index (χ0) is 15.5. The van der Waals surface area contributed by atoms with Crippen molar-refractivity contribution in [3.8, 4) is 0 Å². The van der Waals surface area contributed by atoms with Crippen LogP contribution >= 0.6 is 0 Å². The third-order valence-electron chi connectivity index (χ3n) is 4.07. The molecule has 21 heavy (non-hydrogen) atoms. The lowest BCUT2D eigenvalue weighted by Gasteiger charge is -2.12. The van der Waals surface area contributed by atoms with Gasteiger partial charge in [-0.15, -0.1) is 0 Å². The minimum Gasteiger partial charge on any atom is -0.316 e. The molecule has 1 saturated carbocycles. The van der Waals surface area contributed by atoms with E-state index in [0.29, 0.717) is 17.4 Å². The zero-order valence-corrected chi connectivity index (χ0v) is 14.0. The fraction of sp³-hybridized carbons (Fsp3) is 0.625. The standard InChI is InChI=1S/C16H26N2O2S/c1-4-6-14-10-15(14)18-21(19,20)16-9-12(11-17-3)7-8-13(16)5-2/h7-9,14-15,17-18H,4-6,10-11H2,1-3H3. The number of nitrogens with one attached hydrogen (secondary N) is 2. The summed E-state index contributed by atoms with van der Waals surface area (Å²) >= 11 is 0. The van der Waals surface area contributed by atoms with E-state index in [1.807, 2.05) is 26.1 Å². The van der Waals surface area contributed by atoms with Crippen LogP contribution in [0.4, 0.5) is 0 Å². The van der Waals surface area contributed by atoms with Crippen molar-refractivity contribution in [3.63, 3.8) is 0 Å². The summed E-state index contributed by atoms with van der Waals surface area (Å²) in [6.07, 6.45) is 3.91. The Morgan fingerprint density at radius 1 is 1.29 bits per heavy atom. The molecule has 0 saturated heterocycles. The predicted molar refractivity (Wildman–Crippen MR) is 85.7 cm³/mol. The maximum atomic E-state index is 12.6. The average molecular weight is 310 g/mol. The Hall–Kier alpha value is -0.910. The van der Waals surface area contributed by atoms with Gasteiger partial charge in [-0.25, -0.2) is 13.1 Å². The van der Waals surface area contributed by atoms with E-state index in [9.17, 15) is 8.42 Å². The Kier molecular flexibility index (Phi) is 5.41. The fourth-order valence-electron chi connectivity index (χ4n) is 2.80. The Morgan fingerprint density at radius 2 is 2.05 bits per heavy atom. The van der Waals surface area contributed by atoms with E-state index >= 15 is 0 Å². The first kappa shape index (κ1) is 16.5. The molecule has 0 spiro atoms. The molecule has 2 rings (SSSR count). The highest BCUT2D eigenvalue weighted by Gasteiger charge is 2.39. The van der Waals surface area contributed by atoms with Crippen molar-refractivity contribution in [1.29, 1.82) is 0 Å². The molecular weight excluding hydrogens is 284 g/mol. The molecule has 0 radical (unpaired) electrons. The lowest BCUT2D eigenvalue weighted by molar-refractivity contribution is 0.571. The molecule has 2 unspecified atom stereocenters. The molecule has 0 heterocycles. The van der Waals surface area contributed by atoms with E-state index in [-0.39, 0.29) is 6.04 Å². The van der Waals surface area contributed by atoms with Crippen LogP contribution in [0, 0.1) is 5.92 Å². The molecule has 1 aromatic carbocycles. The van der Waals surface area contributed by atoms with Gasteiger partial charge in [0.15, 0.2) is 0 Å². The molecule has 1 aromatic rings. The monoisotopic (exact) mass is 310 g/mol. The van der Waals surface area contributed by atoms with Crippen molar-refractivity contribution in [2.24, 2.45) is 5.92 Å². The van der Waals surface area contributed by atoms with Crippen LogP contribution < -0.4 is 10.0 Å². The average Bonchev–Trinajstić information content (AvgIpc) is 3.16. The second kappa shape index (κ2) is 6.90. The lowest BCUT2D eigenvalue weighted by atomic mass is 10.1. The van der Waals surface area contributed by atoms with Gasteiger partial charge in [-0.3, -0.25) is 0 Å². The van der Waals surface area contributed by atoms with Gasteiger partial charge in [0, 0.05) is 12.6 Å². The van der Waals surface area contributed by atoms with Crippen molar-refractivity contribution in [2.45, 2.75) is 57.0 Å². The number of aryl methyl sites for hydroxylation is 1. The Bertz CT molecular complexity index is 584. The first-order valence-corrected chi connectivity index (χ1v) is 9.28. The van der Waals surface area contributed by atoms with Crippen molar-refractivity contribution in [3.05, 3.63) is 29.3 Å². The van der Waals surface area contributed by atoms with Crippen molar-refractivity contribution >= 4 is 10.0 Å². The van der Waals surface area contributed by atoms with E-state index in [0.717, 1.165) is 36.8 Å². The maximum Gasteiger partial charge on any atom is 0.241 e. The normalized spacial score (nSPS) is 21.5. The van der Waals surface area contributed by atoms with Crippen molar-refractivity contribution in [2.75, 3.05) is 7.05 Å².